The van der Waals surface area contributed by atoms with Crippen molar-refractivity contribution in [3.05, 3.63) is 0 Å². The Labute approximate surface area is 67.7 Å². The molecule has 0 rings (SSSR count). The molecule has 0 aliphatic heterocycles. The van der Waals surface area contributed by atoms with Crippen LogP contribution >= 0.6 is 0 Å². The van der Waals surface area contributed by atoms with Crippen LogP contribution in [0.3, 0.4) is 0 Å². The maximum Gasteiger partial charge on any atom is 0.223 e. The van der Waals surface area contributed by atoms with Crippen molar-refractivity contribution in [3.8, 4) is 0 Å². The molecule has 0 saturated heterocycles. The molecule has 0 spiro atoms. The van der Waals surface area contributed by atoms with E-state index in [4.69, 9.17) is 5.73 Å². The Morgan fingerprint density at radius 3 is 2.55 bits per heavy atom. The van der Waals surface area contributed by atoms with Crippen LogP contribution < -0.4 is 11.1 Å². The summed E-state index contributed by atoms with van der Waals surface area (Å²) in [7, 11) is 3.51. The van der Waals surface area contributed by atoms with Gasteiger partial charge in [0.25, 0.3) is 0 Å². The summed E-state index contributed by atoms with van der Waals surface area (Å²) in [5, 5.41) is 3.05. The molecule has 3 N–H and O–H groups in total. The molecule has 0 atom stereocenters. The predicted octanol–water partition coefficient (Wildman–Crippen LogP) is -0.987. The third kappa shape index (κ3) is 5.82. The molecule has 1 amide bonds. The van der Waals surface area contributed by atoms with Gasteiger partial charge < -0.3 is 16.0 Å². The van der Waals surface area contributed by atoms with E-state index in [2.05, 4.69) is 5.32 Å². The van der Waals surface area contributed by atoms with Crippen LogP contribution in [-0.2, 0) is 4.79 Å². The monoisotopic (exact) mass is 159 g/mol. The maximum atomic E-state index is 11.0. The van der Waals surface area contributed by atoms with Crippen molar-refractivity contribution >= 4 is 5.91 Å². The molecule has 4 heteroatoms. The summed E-state index contributed by atoms with van der Waals surface area (Å²) >= 11 is 0. The Balaban J connectivity index is 3.18. The molecule has 0 saturated carbocycles. The average molecular weight is 159 g/mol. The van der Waals surface area contributed by atoms with Gasteiger partial charge in [0, 0.05) is 40.2 Å². The summed E-state index contributed by atoms with van der Waals surface area (Å²) in [4.78, 5) is 12.5. The summed E-state index contributed by atoms with van der Waals surface area (Å²) in [6.07, 6.45) is 0.549. The predicted molar refractivity (Wildman–Crippen MR) is 45.2 cm³/mol. The molecule has 0 aliphatic rings. The van der Waals surface area contributed by atoms with Crippen LogP contribution in [-0.4, -0.2) is 44.5 Å². The fourth-order valence-electron chi connectivity index (χ4n) is 0.646. The van der Waals surface area contributed by atoms with Crippen LogP contribution in [0.25, 0.3) is 0 Å². The summed E-state index contributed by atoms with van der Waals surface area (Å²) in [6, 6.07) is 0. The van der Waals surface area contributed by atoms with Crippen molar-refractivity contribution in [1.29, 1.82) is 0 Å². The second-order valence-electron chi connectivity index (χ2n) is 2.58. The van der Waals surface area contributed by atoms with E-state index in [1.807, 2.05) is 0 Å². The Morgan fingerprint density at radius 2 is 2.09 bits per heavy atom. The number of carbonyl (C=O) groups is 1. The molecule has 0 radical (unpaired) electrons. The SMILES string of the molecule is CN(C)C(=O)CCNCCN. The van der Waals surface area contributed by atoms with E-state index in [1.54, 1.807) is 19.0 Å². The molecular weight excluding hydrogens is 142 g/mol. The van der Waals surface area contributed by atoms with E-state index < -0.39 is 0 Å². The molecule has 0 aromatic carbocycles. The molecule has 0 aromatic rings. The molecule has 0 heterocycles. The number of nitrogens with one attached hydrogen (secondary N) is 1. The summed E-state index contributed by atoms with van der Waals surface area (Å²) in [5.41, 5.74) is 5.25. The zero-order valence-electron chi connectivity index (χ0n) is 7.26. The molecule has 0 bridgehead atoms. The normalized spacial score (nSPS) is 9.73. The summed E-state index contributed by atoms with van der Waals surface area (Å²) in [5.74, 6) is 0.148. The highest BCUT2D eigenvalue weighted by atomic mass is 16.2. The minimum Gasteiger partial charge on any atom is -0.349 e. The molecule has 66 valence electrons. The molecule has 0 aliphatic carbocycles. The van der Waals surface area contributed by atoms with E-state index in [0.29, 0.717) is 19.5 Å². The summed E-state index contributed by atoms with van der Waals surface area (Å²) < 4.78 is 0. The zero-order valence-corrected chi connectivity index (χ0v) is 7.26. The first kappa shape index (κ1) is 10.4. The van der Waals surface area contributed by atoms with Crippen molar-refractivity contribution in [1.82, 2.24) is 10.2 Å². The molecule has 11 heavy (non-hydrogen) atoms. The van der Waals surface area contributed by atoms with Gasteiger partial charge in [0.05, 0.1) is 0 Å². The minimum atomic E-state index is 0.148. The van der Waals surface area contributed by atoms with E-state index in [0.717, 1.165) is 6.54 Å². The van der Waals surface area contributed by atoms with Gasteiger partial charge in [-0.05, 0) is 0 Å². The van der Waals surface area contributed by atoms with Gasteiger partial charge in [-0.15, -0.1) is 0 Å². The van der Waals surface area contributed by atoms with Crippen molar-refractivity contribution in [3.63, 3.8) is 0 Å². The number of hydrogen-bond donors (Lipinski definition) is 2. The van der Waals surface area contributed by atoms with Crippen molar-refractivity contribution in [2.24, 2.45) is 5.73 Å². The molecule has 0 fully saturated rings. The third-order valence-corrected chi connectivity index (χ3v) is 1.34. The van der Waals surface area contributed by atoms with Gasteiger partial charge in [-0.25, -0.2) is 0 Å². The lowest BCUT2D eigenvalue weighted by Crippen LogP contribution is -2.29. The Hall–Kier alpha value is -0.610. The van der Waals surface area contributed by atoms with E-state index in [1.165, 1.54) is 0 Å². The molecule has 0 unspecified atom stereocenters. The summed E-state index contributed by atoms with van der Waals surface area (Å²) in [6.45, 7) is 2.12. The van der Waals surface area contributed by atoms with Crippen molar-refractivity contribution in [2.75, 3.05) is 33.7 Å². The number of nitrogens with two attached hydrogens (primary N) is 1. The van der Waals surface area contributed by atoms with E-state index in [9.17, 15) is 4.79 Å². The molecule has 0 aromatic heterocycles. The van der Waals surface area contributed by atoms with Gasteiger partial charge in [-0.1, -0.05) is 0 Å². The second-order valence-corrected chi connectivity index (χ2v) is 2.58. The maximum absolute atomic E-state index is 11.0. The van der Waals surface area contributed by atoms with Crippen LogP contribution in [0.1, 0.15) is 6.42 Å². The fourth-order valence-corrected chi connectivity index (χ4v) is 0.646. The number of hydrogen-bond acceptors (Lipinski definition) is 3. The van der Waals surface area contributed by atoms with Gasteiger partial charge >= 0.3 is 0 Å². The highest BCUT2D eigenvalue weighted by Crippen LogP contribution is 1.83. The fraction of sp³-hybridized carbons (Fsp3) is 0.857. The molecule has 4 nitrogen and oxygen atoms in total. The lowest BCUT2D eigenvalue weighted by atomic mass is 10.4. The second kappa shape index (κ2) is 6.12. The first-order valence-electron chi connectivity index (χ1n) is 3.79. The number of nitrogens with zero attached hydrogens (tertiary/aromatic N) is 1. The van der Waals surface area contributed by atoms with Crippen LogP contribution in [0.15, 0.2) is 0 Å². The Morgan fingerprint density at radius 1 is 1.45 bits per heavy atom. The van der Waals surface area contributed by atoms with E-state index >= 15 is 0 Å². The van der Waals surface area contributed by atoms with Gasteiger partial charge in [-0.2, -0.15) is 0 Å². The Bertz CT molecular complexity index is 114. The molecular formula is C7H17N3O. The zero-order chi connectivity index (χ0) is 8.69. The lowest BCUT2D eigenvalue weighted by molar-refractivity contribution is -0.128. The van der Waals surface area contributed by atoms with Gasteiger partial charge in [-0.3, -0.25) is 4.79 Å². The number of carbonyl (C=O) groups excluding carboxylic acids is 1. The van der Waals surface area contributed by atoms with E-state index in [-0.39, 0.29) is 5.91 Å². The standard InChI is InChI=1S/C7H17N3O/c1-10(2)7(11)3-5-9-6-4-8/h9H,3-6,8H2,1-2H3. The average Bonchev–Trinajstić information content (AvgIpc) is 1.97. The van der Waals surface area contributed by atoms with Crippen molar-refractivity contribution in [2.45, 2.75) is 6.42 Å². The smallest absolute Gasteiger partial charge is 0.223 e. The lowest BCUT2D eigenvalue weighted by Gasteiger charge is -2.09. The van der Waals surface area contributed by atoms with Gasteiger partial charge in [0.1, 0.15) is 0 Å². The van der Waals surface area contributed by atoms with Crippen LogP contribution in [0.2, 0.25) is 0 Å². The first-order valence-corrected chi connectivity index (χ1v) is 3.79. The highest BCUT2D eigenvalue weighted by molar-refractivity contribution is 5.75. The first-order chi connectivity index (χ1) is 5.18. The van der Waals surface area contributed by atoms with Crippen LogP contribution in [0.4, 0.5) is 0 Å². The largest absolute Gasteiger partial charge is 0.349 e. The van der Waals surface area contributed by atoms with Crippen LogP contribution in [0, 0.1) is 0 Å². The number of amides is 1. The van der Waals surface area contributed by atoms with Gasteiger partial charge in [0.15, 0.2) is 0 Å². The topological polar surface area (TPSA) is 58.4 Å². The third-order valence-electron chi connectivity index (χ3n) is 1.34. The van der Waals surface area contributed by atoms with Gasteiger partial charge in [0.2, 0.25) is 5.91 Å². The quantitative estimate of drug-likeness (QED) is 0.507. The van der Waals surface area contributed by atoms with Crippen LogP contribution in [0.5, 0.6) is 0 Å². The highest BCUT2D eigenvalue weighted by Gasteiger charge is 2.01. The minimum absolute atomic E-state index is 0.148. The Kier molecular flexibility index (Phi) is 5.78. The number of rotatable bonds is 5. The van der Waals surface area contributed by atoms with Crippen molar-refractivity contribution < 1.29 is 4.79 Å².